The number of carboxylic acid groups (broad SMARTS) is 1. The lowest BCUT2D eigenvalue weighted by atomic mass is 9.97. The molecule has 0 aliphatic rings. The first-order chi connectivity index (χ1) is 11.2. The van der Waals surface area contributed by atoms with Crippen molar-refractivity contribution in [3.63, 3.8) is 0 Å². The summed E-state index contributed by atoms with van der Waals surface area (Å²) >= 11 is 0. The number of hydrogen-bond donors (Lipinski definition) is 1. The molecule has 23 heavy (non-hydrogen) atoms. The number of carboxylic acids is 1. The summed E-state index contributed by atoms with van der Waals surface area (Å²) in [6, 6.07) is 16.4. The monoisotopic (exact) mass is 306 g/mol. The van der Waals surface area contributed by atoms with E-state index in [1.54, 1.807) is 31.4 Å². The van der Waals surface area contributed by atoms with Gasteiger partial charge in [-0.3, -0.25) is 0 Å². The van der Waals surface area contributed by atoms with Crippen molar-refractivity contribution in [1.29, 1.82) is 0 Å². The largest absolute Gasteiger partial charge is 0.497 e. The molecule has 5 nitrogen and oxygen atoms in total. The average Bonchev–Trinajstić information content (AvgIpc) is 2.61. The zero-order valence-corrected chi connectivity index (χ0v) is 12.4. The molecule has 1 aromatic heterocycles. The van der Waals surface area contributed by atoms with E-state index < -0.39 is 5.97 Å². The van der Waals surface area contributed by atoms with Gasteiger partial charge in [0, 0.05) is 11.1 Å². The van der Waals surface area contributed by atoms with Crippen molar-refractivity contribution >= 4 is 5.97 Å². The van der Waals surface area contributed by atoms with E-state index in [-0.39, 0.29) is 5.56 Å². The zero-order chi connectivity index (χ0) is 16.2. The molecule has 2 aromatic carbocycles. The summed E-state index contributed by atoms with van der Waals surface area (Å²) in [4.78, 5) is 11.8. The van der Waals surface area contributed by atoms with E-state index >= 15 is 0 Å². The summed E-state index contributed by atoms with van der Waals surface area (Å²) in [5.41, 5.74) is 2.40. The number of methoxy groups -OCH3 is 1. The Kier molecular flexibility index (Phi) is 4.01. The van der Waals surface area contributed by atoms with Gasteiger partial charge in [0.2, 0.25) is 0 Å². The third-order valence-corrected chi connectivity index (χ3v) is 3.49. The second kappa shape index (κ2) is 6.27. The number of carbonyl (C=O) groups is 1. The van der Waals surface area contributed by atoms with E-state index in [1.165, 1.54) is 6.20 Å². The second-order valence-electron chi connectivity index (χ2n) is 4.88. The Balaban J connectivity index is 2.24. The molecule has 0 atom stereocenters. The van der Waals surface area contributed by atoms with E-state index in [0.29, 0.717) is 22.6 Å². The predicted octanol–water partition coefficient (Wildman–Crippen LogP) is 3.52. The van der Waals surface area contributed by atoms with Gasteiger partial charge in [-0.15, -0.1) is 5.10 Å². The van der Waals surface area contributed by atoms with Crippen molar-refractivity contribution in [1.82, 2.24) is 10.2 Å². The number of hydrogen-bond acceptors (Lipinski definition) is 4. The lowest BCUT2D eigenvalue weighted by molar-refractivity contribution is 0.0698. The number of rotatable bonds is 4. The van der Waals surface area contributed by atoms with Crippen LogP contribution in [-0.4, -0.2) is 28.4 Å². The molecule has 0 amide bonds. The number of aromatic carboxylic acids is 1. The molecule has 0 saturated carbocycles. The third kappa shape index (κ3) is 2.89. The first kappa shape index (κ1) is 14.7. The first-order valence-electron chi connectivity index (χ1n) is 6.99. The highest BCUT2D eigenvalue weighted by Gasteiger charge is 2.20. The summed E-state index contributed by atoms with van der Waals surface area (Å²) in [7, 11) is 1.56. The number of benzene rings is 2. The molecule has 0 bridgehead atoms. The fraction of sp³-hybridized carbons (Fsp3) is 0.0556. The Morgan fingerprint density at radius 2 is 1.78 bits per heavy atom. The molecular formula is C18H14N2O3. The Morgan fingerprint density at radius 3 is 2.48 bits per heavy atom. The van der Waals surface area contributed by atoms with Gasteiger partial charge in [-0.2, -0.15) is 5.10 Å². The van der Waals surface area contributed by atoms with Crippen molar-refractivity contribution in [3.05, 3.63) is 66.4 Å². The maximum atomic E-state index is 11.8. The highest BCUT2D eigenvalue weighted by atomic mass is 16.5. The van der Waals surface area contributed by atoms with Crippen molar-refractivity contribution in [2.75, 3.05) is 7.11 Å². The van der Waals surface area contributed by atoms with Gasteiger partial charge in [0.25, 0.3) is 0 Å². The molecule has 5 heteroatoms. The van der Waals surface area contributed by atoms with Crippen LogP contribution in [0.3, 0.4) is 0 Å². The summed E-state index contributed by atoms with van der Waals surface area (Å²) in [5, 5.41) is 17.7. The van der Waals surface area contributed by atoms with Crippen LogP contribution in [0.5, 0.6) is 5.75 Å². The molecule has 1 N–H and O–H groups in total. The van der Waals surface area contributed by atoms with Gasteiger partial charge >= 0.3 is 5.97 Å². The maximum Gasteiger partial charge on any atom is 0.338 e. The lowest BCUT2D eigenvalue weighted by Gasteiger charge is -2.11. The van der Waals surface area contributed by atoms with E-state index in [4.69, 9.17) is 4.74 Å². The fourth-order valence-electron chi connectivity index (χ4n) is 2.41. The minimum atomic E-state index is -1.04. The van der Waals surface area contributed by atoms with Crippen LogP contribution in [0.15, 0.2) is 60.8 Å². The molecule has 3 rings (SSSR count). The molecule has 0 spiro atoms. The minimum absolute atomic E-state index is 0.124. The van der Waals surface area contributed by atoms with E-state index in [9.17, 15) is 9.90 Å². The Labute approximate surface area is 133 Å². The van der Waals surface area contributed by atoms with Crippen LogP contribution in [0.4, 0.5) is 0 Å². The van der Waals surface area contributed by atoms with Crippen LogP contribution in [0.2, 0.25) is 0 Å². The molecule has 0 saturated heterocycles. The molecular weight excluding hydrogens is 292 g/mol. The van der Waals surface area contributed by atoms with Crippen LogP contribution in [-0.2, 0) is 0 Å². The molecule has 0 unspecified atom stereocenters. The number of nitrogens with zero attached hydrogens (tertiary/aromatic N) is 2. The normalized spacial score (nSPS) is 10.3. The SMILES string of the molecule is COc1cccc(-c2nncc(-c3ccccc3)c2C(=O)O)c1. The summed E-state index contributed by atoms with van der Waals surface area (Å²) in [6.07, 6.45) is 1.47. The highest BCUT2D eigenvalue weighted by molar-refractivity contribution is 6.01. The molecule has 114 valence electrons. The topological polar surface area (TPSA) is 72.3 Å². The molecule has 1 heterocycles. The standard InChI is InChI=1S/C18H14N2O3/c1-23-14-9-5-8-13(10-14)17-16(18(21)22)15(11-19-20-17)12-6-3-2-4-7-12/h2-11H,1H3,(H,21,22). The summed E-state index contributed by atoms with van der Waals surface area (Å²) < 4.78 is 5.20. The van der Waals surface area contributed by atoms with E-state index in [2.05, 4.69) is 10.2 Å². The van der Waals surface area contributed by atoms with Gasteiger partial charge in [0.1, 0.15) is 11.4 Å². The summed E-state index contributed by atoms with van der Waals surface area (Å²) in [6.45, 7) is 0. The molecule has 0 aliphatic heterocycles. The van der Waals surface area contributed by atoms with Gasteiger partial charge < -0.3 is 9.84 Å². The number of aromatic nitrogens is 2. The van der Waals surface area contributed by atoms with Gasteiger partial charge in [0.15, 0.2) is 0 Å². The zero-order valence-electron chi connectivity index (χ0n) is 12.4. The van der Waals surface area contributed by atoms with Crippen molar-refractivity contribution in [2.24, 2.45) is 0 Å². The van der Waals surface area contributed by atoms with E-state index in [1.807, 2.05) is 30.3 Å². The van der Waals surface area contributed by atoms with E-state index in [0.717, 1.165) is 5.56 Å². The Morgan fingerprint density at radius 1 is 1.04 bits per heavy atom. The smallest absolute Gasteiger partial charge is 0.338 e. The van der Waals surface area contributed by atoms with Crippen LogP contribution < -0.4 is 4.74 Å². The van der Waals surface area contributed by atoms with Crippen molar-refractivity contribution in [3.8, 4) is 28.1 Å². The van der Waals surface area contributed by atoms with Crippen LogP contribution in [0.25, 0.3) is 22.4 Å². The van der Waals surface area contributed by atoms with Gasteiger partial charge in [-0.25, -0.2) is 4.79 Å². The predicted molar refractivity (Wildman–Crippen MR) is 86.4 cm³/mol. The summed E-state index contributed by atoms with van der Waals surface area (Å²) in [5.74, 6) is -0.415. The fourth-order valence-corrected chi connectivity index (χ4v) is 2.41. The van der Waals surface area contributed by atoms with Crippen molar-refractivity contribution in [2.45, 2.75) is 0 Å². The average molecular weight is 306 g/mol. The maximum absolute atomic E-state index is 11.8. The van der Waals surface area contributed by atoms with Crippen molar-refractivity contribution < 1.29 is 14.6 Å². The van der Waals surface area contributed by atoms with Gasteiger partial charge in [-0.05, 0) is 17.7 Å². The minimum Gasteiger partial charge on any atom is -0.497 e. The second-order valence-corrected chi connectivity index (χ2v) is 4.88. The number of ether oxygens (including phenoxy) is 1. The van der Waals surface area contributed by atoms with Crippen LogP contribution in [0.1, 0.15) is 10.4 Å². The Hall–Kier alpha value is -3.21. The molecule has 0 radical (unpaired) electrons. The lowest BCUT2D eigenvalue weighted by Crippen LogP contribution is -2.06. The first-order valence-corrected chi connectivity index (χ1v) is 6.99. The van der Waals surface area contributed by atoms with Gasteiger partial charge in [-0.1, -0.05) is 42.5 Å². The Bertz CT molecular complexity index is 848. The molecule has 0 aliphatic carbocycles. The third-order valence-electron chi connectivity index (χ3n) is 3.49. The molecule has 0 fully saturated rings. The van der Waals surface area contributed by atoms with Gasteiger partial charge in [0.05, 0.1) is 18.9 Å². The van der Waals surface area contributed by atoms with Crippen LogP contribution in [0, 0.1) is 0 Å². The highest BCUT2D eigenvalue weighted by Crippen LogP contribution is 2.31. The van der Waals surface area contributed by atoms with Crippen LogP contribution >= 0.6 is 0 Å². The molecule has 3 aromatic rings. The quantitative estimate of drug-likeness (QED) is 0.798.